The van der Waals surface area contributed by atoms with Crippen molar-refractivity contribution < 1.29 is 4.74 Å². The summed E-state index contributed by atoms with van der Waals surface area (Å²) in [5.74, 6) is 0. The second-order valence-electron chi connectivity index (χ2n) is 3.95. The van der Waals surface area contributed by atoms with Crippen LogP contribution in [0.2, 0.25) is 0 Å². The van der Waals surface area contributed by atoms with E-state index in [0.29, 0.717) is 0 Å². The molecule has 17 heavy (non-hydrogen) atoms. The van der Waals surface area contributed by atoms with E-state index in [1.54, 1.807) is 0 Å². The molecular formula is C13H21BrN2O. The molecule has 0 bridgehead atoms. The minimum atomic E-state index is 0.814. The van der Waals surface area contributed by atoms with Crippen LogP contribution in [0.3, 0.4) is 0 Å². The zero-order chi connectivity index (χ0) is 12.3. The Morgan fingerprint density at radius 3 is 2.88 bits per heavy atom. The Labute approximate surface area is 112 Å². The highest BCUT2D eigenvalue weighted by atomic mass is 79.9. The lowest BCUT2D eigenvalue weighted by atomic mass is 10.3. The van der Waals surface area contributed by atoms with Crippen LogP contribution in [0.1, 0.15) is 31.9 Å². The molecule has 0 aliphatic carbocycles. The minimum absolute atomic E-state index is 0.814. The lowest BCUT2D eigenvalue weighted by Crippen LogP contribution is -2.17. The molecule has 0 fully saturated rings. The highest BCUT2D eigenvalue weighted by molar-refractivity contribution is 9.10. The number of rotatable bonds is 9. The van der Waals surface area contributed by atoms with Gasteiger partial charge in [0.15, 0.2) is 0 Å². The van der Waals surface area contributed by atoms with Crippen LogP contribution in [0.4, 0.5) is 0 Å². The van der Waals surface area contributed by atoms with Gasteiger partial charge in [0.1, 0.15) is 4.60 Å². The zero-order valence-corrected chi connectivity index (χ0v) is 12.0. The number of halogens is 1. The Kier molecular flexibility index (Phi) is 8.22. The van der Waals surface area contributed by atoms with Gasteiger partial charge in [0.05, 0.1) is 5.69 Å². The maximum absolute atomic E-state index is 5.48. The maximum atomic E-state index is 5.48. The largest absolute Gasteiger partial charge is 0.381 e. The first kappa shape index (κ1) is 14.6. The predicted octanol–water partition coefficient (Wildman–Crippen LogP) is 3.14. The van der Waals surface area contributed by atoms with Crippen LogP contribution in [0, 0.1) is 0 Å². The number of nitrogens with one attached hydrogen (secondary N) is 1. The van der Waals surface area contributed by atoms with E-state index in [-0.39, 0.29) is 0 Å². The van der Waals surface area contributed by atoms with E-state index in [4.69, 9.17) is 4.74 Å². The summed E-state index contributed by atoms with van der Waals surface area (Å²) in [5, 5.41) is 3.36. The average molecular weight is 301 g/mol. The lowest BCUT2D eigenvalue weighted by molar-refractivity contribution is 0.128. The summed E-state index contributed by atoms with van der Waals surface area (Å²) in [7, 11) is 0. The van der Waals surface area contributed by atoms with Gasteiger partial charge in [-0.15, -0.1) is 0 Å². The van der Waals surface area contributed by atoms with Crippen molar-refractivity contribution in [1.29, 1.82) is 0 Å². The first-order valence-electron chi connectivity index (χ1n) is 6.23. The molecule has 0 aliphatic rings. The highest BCUT2D eigenvalue weighted by Gasteiger charge is 1.95. The van der Waals surface area contributed by atoms with Crippen LogP contribution in [0.15, 0.2) is 22.8 Å². The summed E-state index contributed by atoms with van der Waals surface area (Å²) < 4.78 is 6.37. The summed E-state index contributed by atoms with van der Waals surface area (Å²) in [4.78, 5) is 4.35. The van der Waals surface area contributed by atoms with Gasteiger partial charge in [-0.2, -0.15) is 0 Å². The van der Waals surface area contributed by atoms with Crippen molar-refractivity contribution in [3.8, 4) is 0 Å². The number of hydrogen-bond acceptors (Lipinski definition) is 3. The van der Waals surface area contributed by atoms with Gasteiger partial charge in [-0.3, -0.25) is 0 Å². The monoisotopic (exact) mass is 300 g/mol. The fourth-order valence-corrected chi connectivity index (χ4v) is 1.79. The summed E-state index contributed by atoms with van der Waals surface area (Å²) >= 11 is 3.36. The van der Waals surface area contributed by atoms with Crippen LogP contribution in [-0.2, 0) is 11.3 Å². The molecule has 1 aromatic heterocycles. The second kappa shape index (κ2) is 9.57. The molecule has 0 saturated heterocycles. The Hall–Kier alpha value is -0.450. The topological polar surface area (TPSA) is 34.1 Å². The zero-order valence-electron chi connectivity index (χ0n) is 10.4. The number of pyridine rings is 1. The molecule has 4 heteroatoms. The van der Waals surface area contributed by atoms with E-state index in [0.717, 1.165) is 49.4 Å². The van der Waals surface area contributed by atoms with Crippen LogP contribution < -0.4 is 5.32 Å². The van der Waals surface area contributed by atoms with E-state index in [9.17, 15) is 0 Å². The molecule has 1 N–H and O–H groups in total. The number of ether oxygens (including phenoxy) is 1. The fraction of sp³-hybridized carbons (Fsp3) is 0.615. The average Bonchev–Trinajstić information content (AvgIpc) is 2.33. The Bertz CT molecular complexity index is 307. The van der Waals surface area contributed by atoms with Gasteiger partial charge in [-0.25, -0.2) is 4.98 Å². The molecule has 1 heterocycles. The molecule has 0 atom stereocenters. The SMILES string of the molecule is CCCCOCCCNCc1cccc(Br)n1. The molecule has 0 unspecified atom stereocenters. The number of hydrogen-bond donors (Lipinski definition) is 1. The molecule has 96 valence electrons. The first-order chi connectivity index (χ1) is 8.33. The van der Waals surface area contributed by atoms with Gasteiger partial charge in [0.25, 0.3) is 0 Å². The predicted molar refractivity (Wildman–Crippen MR) is 74.0 cm³/mol. The standard InChI is InChI=1S/C13H21BrN2O/c1-2-3-9-17-10-5-8-15-11-12-6-4-7-13(14)16-12/h4,6-7,15H,2-3,5,8-11H2,1H3. The molecule has 0 amide bonds. The van der Waals surface area contributed by atoms with Crippen molar-refractivity contribution in [3.63, 3.8) is 0 Å². The van der Waals surface area contributed by atoms with Crippen LogP contribution >= 0.6 is 15.9 Å². The molecule has 1 aromatic rings. The Morgan fingerprint density at radius 1 is 1.29 bits per heavy atom. The van der Waals surface area contributed by atoms with E-state index in [1.165, 1.54) is 6.42 Å². The maximum Gasteiger partial charge on any atom is 0.106 e. The van der Waals surface area contributed by atoms with Crippen molar-refractivity contribution in [2.75, 3.05) is 19.8 Å². The van der Waals surface area contributed by atoms with E-state index in [1.807, 2.05) is 18.2 Å². The van der Waals surface area contributed by atoms with Gasteiger partial charge in [-0.1, -0.05) is 19.4 Å². The van der Waals surface area contributed by atoms with Crippen molar-refractivity contribution in [2.24, 2.45) is 0 Å². The van der Waals surface area contributed by atoms with Gasteiger partial charge in [0, 0.05) is 19.8 Å². The molecule has 3 nitrogen and oxygen atoms in total. The van der Waals surface area contributed by atoms with Crippen LogP contribution in [-0.4, -0.2) is 24.7 Å². The normalized spacial score (nSPS) is 10.7. The minimum Gasteiger partial charge on any atom is -0.381 e. The van der Waals surface area contributed by atoms with Crippen molar-refractivity contribution >= 4 is 15.9 Å². The van der Waals surface area contributed by atoms with Crippen LogP contribution in [0.25, 0.3) is 0 Å². The highest BCUT2D eigenvalue weighted by Crippen LogP contribution is 2.05. The number of aromatic nitrogens is 1. The molecule has 0 spiro atoms. The number of nitrogens with zero attached hydrogens (tertiary/aromatic N) is 1. The summed E-state index contributed by atoms with van der Waals surface area (Å²) in [6, 6.07) is 5.96. The quantitative estimate of drug-likeness (QED) is 0.562. The van der Waals surface area contributed by atoms with Crippen LogP contribution in [0.5, 0.6) is 0 Å². The Morgan fingerprint density at radius 2 is 2.12 bits per heavy atom. The van der Waals surface area contributed by atoms with Gasteiger partial charge < -0.3 is 10.1 Å². The van der Waals surface area contributed by atoms with Crippen molar-refractivity contribution in [3.05, 3.63) is 28.5 Å². The summed E-state index contributed by atoms with van der Waals surface area (Å²) in [6.45, 7) is 5.70. The molecular weight excluding hydrogens is 280 g/mol. The molecule has 0 radical (unpaired) electrons. The molecule has 0 aromatic carbocycles. The molecule has 0 aliphatic heterocycles. The van der Waals surface area contributed by atoms with E-state index in [2.05, 4.69) is 33.2 Å². The smallest absolute Gasteiger partial charge is 0.106 e. The van der Waals surface area contributed by atoms with Crippen molar-refractivity contribution in [2.45, 2.75) is 32.7 Å². The number of unbranched alkanes of at least 4 members (excludes halogenated alkanes) is 1. The lowest BCUT2D eigenvalue weighted by Gasteiger charge is -2.05. The molecule has 1 rings (SSSR count). The Balaban J connectivity index is 1.97. The second-order valence-corrected chi connectivity index (χ2v) is 4.76. The molecule has 0 saturated carbocycles. The fourth-order valence-electron chi connectivity index (χ4n) is 1.41. The van der Waals surface area contributed by atoms with Gasteiger partial charge in [-0.05, 0) is 47.4 Å². The van der Waals surface area contributed by atoms with Gasteiger partial charge in [0.2, 0.25) is 0 Å². The van der Waals surface area contributed by atoms with Crippen molar-refractivity contribution in [1.82, 2.24) is 10.3 Å². The summed E-state index contributed by atoms with van der Waals surface area (Å²) in [6.07, 6.45) is 3.42. The summed E-state index contributed by atoms with van der Waals surface area (Å²) in [5.41, 5.74) is 1.06. The van der Waals surface area contributed by atoms with Gasteiger partial charge >= 0.3 is 0 Å². The van der Waals surface area contributed by atoms with E-state index < -0.39 is 0 Å². The third-order valence-electron chi connectivity index (χ3n) is 2.36. The third kappa shape index (κ3) is 7.47. The van der Waals surface area contributed by atoms with E-state index >= 15 is 0 Å². The first-order valence-corrected chi connectivity index (χ1v) is 7.02. The third-order valence-corrected chi connectivity index (χ3v) is 2.81.